The van der Waals surface area contributed by atoms with Crippen LogP contribution in [-0.2, 0) is 19.4 Å². The second-order valence-electron chi connectivity index (χ2n) is 7.85. The maximum absolute atomic E-state index is 11.4. The number of rotatable bonds is 6. The predicted molar refractivity (Wildman–Crippen MR) is 107 cm³/mol. The van der Waals surface area contributed by atoms with E-state index in [4.69, 9.17) is 10.5 Å². The Morgan fingerprint density at radius 1 is 1.04 bits per heavy atom. The van der Waals surface area contributed by atoms with Crippen LogP contribution in [0.4, 0.5) is 0 Å². The fourth-order valence-electron chi connectivity index (χ4n) is 4.29. The molecule has 4 nitrogen and oxygen atoms in total. The summed E-state index contributed by atoms with van der Waals surface area (Å²) in [6.07, 6.45) is 8.71. The van der Waals surface area contributed by atoms with E-state index >= 15 is 0 Å². The molecule has 4 heteroatoms. The zero-order valence-corrected chi connectivity index (χ0v) is 15.8. The molecule has 4 rings (SSSR count). The molecule has 1 amide bonds. The number of aryl methyl sites for hydroxylation is 2. The molecule has 0 bridgehead atoms. The summed E-state index contributed by atoms with van der Waals surface area (Å²) in [4.78, 5) is 11.4. The Morgan fingerprint density at radius 3 is 2.48 bits per heavy atom. The van der Waals surface area contributed by atoms with E-state index in [-0.39, 0.29) is 0 Å². The monoisotopic (exact) mass is 364 g/mol. The van der Waals surface area contributed by atoms with Gasteiger partial charge in [-0.3, -0.25) is 4.79 Å². The molecular weight excluding hydrogens is 336 g/mol. The second kappa shape index (κ2) is 8.13. The fourth-order valence-corrected chi connectivity index (χ4v) is 4.29. The lowest BCUT2D eigenvalue weighted by atomic mass is 10.0. The SMILES string of the molecule is NC(=O)c1ccc2c(c1)CCc1cc(CNCCC3CCCC3)ccc1O2. The zero-order valence-electron chi connectivity index (χ0n) is 15.8. The molecule has 2 aliphatic rings. The minimum atomic E-state index is -0.398. The lowest BCUT2D eigenvalue weighted by molar-refractivity contribution is 0.1000. The number of carbonyl (C=O) groups excluding carboxylic acids is 1. The van der Waals surface area contributed by atoms with Crippen molar-refractivity contribution in [2.24, 2.45) is 11.7 Å². The van der Waals surface area contributed by atoms with Gasteiger partial charge < -0.3 is 15.8 Å². The molecule has 0 atom stereocenters. The summed E-state index contributed by atoms with van der Waals surface area (Å²) >= 11 is 0. The van der Waals surface area contributed by atoms with Crippen molar-refractivity contribution >= 4 is 5.91 Å². The number of primary amides is 1. The standard InChI is InChI=1S/C23H28N2O2/c24-23(26)20-8-10-22-19(14-20)7-6-18-13-17(5-9-21(18)27-22)15-25-12-11-16-3-1-2-4-16/h5,8-10,13-14,16,25H,1-4,6-7,11-12,15H2,(H2,24,26). The van der Waals surface area contributed by atoms with Gasteiger partial charge >= 0.3 is 0 Å². The molecule has 0 aromatic heterocycles. The van der Waals surface area contributed by atoms with Crippen LogP contribution in [0.15, 0.2) is 36.4 Å². The molecule has 27 heavy (non-hydrogen) atoms. The van der Waals surface area contributed by atoms with Gasteiger partial charge in [0.15, 0.2) is 0 Å². The van der Waals surface area contributed by atoms with Crippen LogP contribution in [0.25, 0.3) is 0 Å². The van der Waals surface area contributed by atoms with Crippen molar-refractivity contribution in [2.45, 2.75) is 51.5 Å². The molecule has 0 spiro atoms. The molecule has 0 saturated heterocycles. The van der Waals surface area contributed by atoms with Crippen LogP contribution in [0.5, 0.6) is 11.5 Å². The third-order valence-electron chi connectivity index (χ3n) is 5.89. The van der Waals surface area contributed by atoms with E-state index < -0.39 is 5.91 Å². The van der Waals surface area contributed by atoms with Crippen molar-refractivity contribution in [3.63, 3.8) is 0 Å². The third kappa shape index (κ3) is 4.33. The average molecular weight is 364 g/mol. The maximum Gasteiger partial charge on any atom is 0.248 e. The van der Waals surface area contributed by atoms with Crippen molar-refractivity contribution in [1.29, 1.82) is 0 Å². The summed E-state index contributed by atoms with van der Waals surface area (Å²) in [5, 5.41) is 3.60. The number of nitrogens with two attached hydrogens (primary N) is 1. The Labute approximate surface area is 161 Å². The molecule has 1 saturated carbocycles. The van der Waals surface area contributed by atoms with E-state index in [0.29, 0.717) is 5.56 Å². The van der Waals surface area contributed by atoms with Gasteiger partial charge in [0.1, 0.15) is 11.5 Å². The Bertz CT molecular complexity index is 825. The minimum absolute atomic E-state index is 0.398. The summed E-state index contributed by atoms with van der Waals surface area (Å²) in [6.45, 7) is 2.00. The highest BCUT2D eigenvalue weighted by molar-refractivity contribution is 5.93. The van der Waals surface area contributed by atoms with E-state index in [9.17, 15) is 4.79 Å². The molecule has 1 heterocycles. The number of benzene rings is 2. The van der Waals surface area contributed by atoms with Crippen LogP contribution in [0, 0.1) is 5.92 Å². The lowest BCUT2D eigenvalue weighted by Crippen LogP contribution is -2.17. The highest BCUT2D eigenvalue weighted by atomic mass is 16.5. The molecule has 0 unspecified atom stereocenters. The largest absolute Gasteiger partial charge is 0.457 e. The quantitative estimate of drug-likeness (QED) is 0.749. The van der Waals surface area contributed by atoms with Gasteiger partial charge in [-0.05, 0) is 72.7 Å². The van der Waals surface area contributed by atoms with E-state index in [1.807, 2.05) is 12.1 Å². The molecule has 3 N–H and O–H groups in total. The average Bonchev–Trinajstić information content (AvgIpc) is 3.12. The summed E-state index contributed by atoms with van der Waals surface area (Å²) in [7, 11) is 0. The first-order valence-corrected chi connectivity index (χ1v) is 10.1. The number of fused-ring (bicyclic) bond motifs is 2. The molecule has 1 aliphatic carbocycles. The first-order valence-electron chi connectivity index (χ1n) is 10.1. The third-order valence-corrected chi connectivity index (χ3v) is 5.89. The summed E-state index contributed by atoms with van der Waals surface area (Å²) in [5.41, 5.74) is 9.50. The molecule has 142 valence electrons. The summed E-state index contributed by atoms with van der Waals surface area (Å²) < 4.78 is 6.11. The number of ether oxygens (including phenoxy) is 1. The van der Waals surface area contributed by atoms with Gasteiger partial charge in [-0.1, -0.05) is 37.8 Å². The van der Waals surface area contributed by atoms with Crippen molar-refractivity contribution in [1.82, 2.24) is 5.32 Å². The molecule has 2 aromatic rings. The van der Waals surface area contributed by atoms with Gasteiger partial charge in [0.2, 0.25) is 5.91 Å². The number of nitrogens with one attached hydrogen (secondary N) is 1. The normalized spacial score (nSPS) is 16.3. The van der Waals surface area contributed by atoms with E-state index in [2.05, 4.69) is 23.5 Å². The van der Waals surface area contributed by atoms with Gasteiger partial charge in [-0.25, -0.2) is 0 Å². The smallest absolute Gasteiger partial charge is 0.248 e. The minimum Gasteiger partial charge on any atom is -0.457 e. The van der Waals surface area contributed by atoms with E-state index in [1.54, 1.807) is 6.07 Å². The van der Waals surface area contributed by atoms with Crippen LogP contribution in [-0.4, -0.2) is 12.5 Å². The molecular formula is C23H28N2O2. The Morgan fingerprint density at radius 2 is 1.74 bits per heavy atom. The Balaban J connectivity index is 1.38. The van der Waals surface area contributed by atoms with Crippen molar-refractivity contribution in [3.8, 4) is 11.5 Å². The highest BCUT2D eigenvalue weighted by Crippen LogP contribution is 2.34. The second-order valence-corrected chi connectivity index (χ2v) is 7.85. The summed E-state index contributed by atoms with van der Waals surface area (Å²) in [5.74, 6) is 2.27. The topological polar surface area (TPSA) is 64.4 Å². The Hall–Kier alpha value is -2.33. The lowest BCUT2D eigenvalue weighted by Gasteiger charge is -2.12. The molecule has 1 fully saturated rings. The van der Waals surface area contributed by atoms with E-state index in [1.165, 1.54) is 43.2 Å². The van der Waals surface area contributed by atoms with Gasteiger partial charge in [-0.15, -0.1) is 0 Å². The summed E-state index contributed by atoms with van der Waals surface area (Å²) in [6, 6.07) is 11.9. The Kier molecular flexibility index (Phi) is 5.44. The van der Waals surface area contributed by atoms with Crippen LogP contribution in [0.1, 0.15) is 59.2 Å². The zero-order chi connectivity index (χ0) is 18.6. The van der Waals surface area contributed by atoms with Crippen molar-refractivity contribution in [3.05, 3.63) is 58.7 Å². The van der Waals surface area contributed by atoms with E-state index in [0.717, 1.165) is 48.9 Å². The van der Waals surface area contributed by atoms with Crippen LogP contribution in [0.2, 0.25) is 0 Å². The first kappa shape index (κ1) is 18.1. The first-order chi connectivity index (χ1) is 13.2. The van der Waals surface area contributed by atoms with Gasteiger partial charge in [0.25, 0.3) is 0 Å². The maximum atomic E-state index is 11.4. The molecule has 0 radical (unpaired) electrons. The number of hydrogen-bond donors (Lipinski definition) is 2. The number of hydrogen-bond acceptors (Lipinski definition) is 3. The van der Waals surface area contributed by atoms with Gasteiger partial charge in [0.05, 0.1) is 0 Å². The predicted octanol–water partition coefficient (Wildman–Crippen LogP) is 4.35. The number of amides is 1. The van der Waals surface area contributed by atoms with Gasteiger partial charge in [0, 0.05) is 12.1 Å². The van der Waals surface area contributed by atoms with Crippen LogP contribution in [0.3, 0.4) is 0 Å². The van der Waals surface area contributed by atoms with Crippen molar-refractivity contribution < 1.29 is 9.53 Å². The fraction of sp³-hybridized carbons (Fsp3) is 0.435. The van der Waals surface area contributed by atoms with Crippen molar-refractivity contribution in [2.75, 3.05) is 6.54 Å². The van der Waals surface area contributed by atoms with Gasteiger partial charge in [-0.2, -0.15) is 0 Å². The highest BCUT2D eigenvalue weighted by Gasteiger charge is 2.17. The van der Waals surface area contributed by atoms with Crippen LogP contribution < -0.4 is 15.8 Å². The van der Waals surface area contributed by atoms with Crippen LogP contribution >= 0.6 is 0 Å². The molecule has 1 aliphatic heterocycles. The number of carbonyl (C=O) groups is 1. The molecule has 2 aromatic carbocycles.